The number of aliphatic hydroxyl groups excluding tert-OH is 3. The van der Waals surface area contributed by atoms with Crippen molar-refractivity contribution in [3.8, 4) is 0 Å². The van der Waals surface area contributed by atoms with E-state index in [2.05, 4.69) is 19.6 Å². The van der Waals surface area contributed by atoms with Gasteiger partial charge in [0.2, 0.25) is 0 Å². The second-order valence-electron chi connectivity index (χ2n) is 5.69. The summed E-state index contributed by atoms with van der Waals surface area (Å²) < 4.78 is 10.9. The highest BCUT2D eigenvalue weighted by Crippen LogP contribution is 2.25. The van der Waals surface area contributed by atoms with Gasteiger partial charge in [-0.2, -0.15) is 12.6 Å². The van der Waals surface area contributed by atoms with Gasteiger partial charge in [-0.1, -0.05) is 45.4 Å². The average Bonchev–Trinajstić information content (AvgIpc) is 2.49. The summed E-state index contributed by atoms with van der Waals surface area (Å²) in [6, 6.07) is 0. The first-order valence-corrected chi connectivity index (χ1v) is 8.55. The SMILES string of the molecule is CCCCCCCCCOC1O[C@H](CO)[C@@H](S)[C@H](O)[C@H]1O. The molecule has 1 aliphatic heterocycles. The maximum atomic E-state index is 9.89. The first-order chi connectivity index (χ1) is 10.1. The standard InChI is InChI=1S/C15H30O5S/c1-2-3-4-5-6-7-8-9-19-15-13(18)12(17)14(21)11(10-16)20-15/h11-18,21H,2-10H2,1H3/t11-,12-,13-,14-,15?/m1/s1. The van der Waals surface area contributed by atoms with Crippen LogP contribution in [0.1, 0.15) is 51.9 Å². The molecule has 3 N–H and O–H groups in total. The first kappa shape index (κ1) is 19.2. The Kier molecular flexibility index (Phi) is 9.88. The van der Waals surface area contributed by atoms with Crippen molar-refractivity contribution in [2.24, 2.45) is 0 Å². The van der Waals surface area contributed by atoms with Crippen molar-refractivity contribution in [1.82, 2.24) is 0 Å². The minimum Gasteiger partial charge on any atom is -0.394 e. The lowest BCUT2D eigenvalue weighted by atomic mass is 10.0. The highest BCUT2D eigenvalue weighted by atomic mass is 32.1. The van der Waals surface area contributed by atoms with Gasteiger partial charge in [0.25, 0.3) is 0 Å². The maximum Gasteiger partial charge on any atom is 0.186 e. The third-order valence-corrected chi connectivity index (χ3v) is 4.52. The van der Waals surface area contributed by atoms with Crippen molar-refractivity contribution in [3.05, 3.63) is 0 Å². The van der Waals surface area contributed by atoms with Crippen LogP contribution in [-0.2, 0) is 9.47 Å². The van der Waals surface area contributed by atoms with E-state index >= 15 is 0 Å². The number of unbranched alkanes of at least 4 members (excludes halogenated alkanes) is 6. The molecule has 0 amide bonds. The molecule has 0 spiro atoms. The quantitative estimate of drug-likeness (QED) is 0.362. The molecule has 1 unspecified atom stereocenters. The summed E-state index contributed by atoms with van der Waals surface area (Å²) in [4.78, 5) is 0. The van der Waals surface area contributed by atoms with Crippen LogP contribution in [0.25, 0.3) is 0 Å². The lowest BCUT2D eigenvalue weighted by Gasteiger charge is -2.40. The zero-order valence-corrected chi connectivity index (χ0v) is 13.8. The van der Waals surface area contributed by atoms with Crippen molar-refractivity contribution in [1.29, 1.82) is 0 Å². The van der Waals surface area contributed by atoms with Gasteiger partial charge >= 0.3 is 0 Å². The molecular formula is C15H30O5S. The zero-order chi connectivity index (χ0) is 15.7. The molecule has 0 aromatic carbocycles. The van der Waals surface area contributed by atoms with Crippen LogP contribution in [0.3, 0.4) is 0 Å². The lowest BCUT2D eigenvalue weighted by molar-refractivity contribution is -0.268. The van der Waals surface area contributed by atoms with E-state index in [1.54, 1.807) is 0 Å². The second kappa shape index (κ2) is 10.8. The fraction of sp³-hybridized carbons (Fsp3) is 1.00. The summed E-state index contributed by atoms with van der Waals surface area (Å²) in [5, 5.41) is 28.3. The monoisotopic (exact) mass is 322 g/mol. The predicted molar refractivity (Wildman–Crippen MR) is 84.5 cm³/mol. The molecule has 0 bridgehead atoms. The molecular weight excluding hydrogens is 292 g/mol. The number of thiol groups is 1. The third kappa shape index (κ3) is 6.42. The van der Waals surface area contributed by atoms with Gasteiger partial charge in [0, 0.05) is 6.61 Å². The van der Waals surface area contributed by atoms with Gasteiger partial charge in [0.15, 0.2) is 6.29 Å². The Hall–Kier alpha value is 0.150. The minimum absolute atomic E-state index is 0.255. The van der Waals surface area contributed by atoms with E-state index in [0.717, 1.165) is 12.8 Å². The van der Waals surface area contributed by atoms with E-state index in [4.69, 9.17) is 9.47 Å². The molecule has 1 fully saturated rings. The van der Waals surface area contributed by atoms with Crippen LogP contribution in [0.15, 0.2) is 0 Å². The normalized spacial score (nSPS) is 33.3. The van der Waals surface area contributed by atoms with E-state index in [0.29, 0.717) is 6.61 Å². The van der Waals surface area contributed by atoms with Gasteiger partial charge in [-0.3, -0.25) is 0 Å². The largest absolute Gasteiger partial charge is 0.394 e. The van der Waals surface area contributed by atoms with Crippen LogP contribution in [-0.4, -0.2) is 58.4 Å². The Morgan fingerprint density at radius 3 is 2.24 bits per heavy atom. The van der Waals surface area contributed by atoms with Crippen molar-refractivity contribution in [2.45, 2.75) is 81.7 Å². The van der Waals surface area contributed by atoms with Gasteiger partial charge < -0.3 is 24.8 Å². The van der Waals surface area contributed by atoms with Crippen LogP contribution < -0.4 is 0 Å². The number of hydrogen-bond acceptors (Lipinski definition) is 6. The average molecular weight is 322 g/mol. The molecule has 0 aromatic rings. The molecule has 5 atom stereocenters. The zero-order valence-electron chi connectivity index (χ0n) is 12.9. The van der Waals surface area contributed by atoms with Crippen LogP contribution in [0.5, 0.6) is 0 Å². The number of aliphatic hydroxyl groups is 3. The summed E-state index contributed by atoms with van der Waals surface area (Å²) in [6.07, 6.45) is 4.59. The molecule has 0 radical (unpaired) electrons. The molecule has 6 heteroatoms. The highest BCUT2D eigenvalue weighted by Gasteiger charge is 2.43. The van der Waals surface area contributed by atoms with Crippen molar-refractivity contribution < 1.29 is 24.8 Å². The maximum absolute atomic E-state index is 9.89. The number of ether oxygens (including phenoxy) is 2. The van der Waals surface area contributed by atoms with Gasteiger partial charge in [0.1, 0.15) is 6.10 Å². The fourth-order valence-electron chi connectivity index (χ4n) is 2.46. The van der Waals surface area contributed by atoms with Crippen LogP contribution in [0, 0.1) is 0 Å². The van der Waals surface area contributed by atoms with Crippen molar-refractivity contribution >= 4 is 12.6 Å². The highest BCUT2D eigenvalue weighted by molar-refractivity contribution is 7.81. The smallest absolute Gasteiger partial charge is 0.186 e. The molecule has 1 rings (SSSR count). The molecule has 1 saturated heterocycles. The van der Waals surface area contributed by atoms with Gasteiger partial charge in [-0.05, 0) is 6.42 Å². The Morgan fingerprint density at radius 2 is 1.62 bits per heavy atom. The molecule has 1 aliphatic rings. The van der Waals surface area contributed by atoms with E-state index in [1.807, 2.05) is 0 Å². The topological polar surface area (TPSA) is 79.2 Å². The van der Waals surface area contributed by atoms with Gasteiger partial charge in [-0.15, -0.1) is 0 Å². The Balaban J connectivity index is 2.16. The predicted octanol–water partition coefficient (Wildman–Crippen LogP) is 1.49. The molecule has 0 saturated carbocycles. The van der Waals surface area contributed by atoms with E-state index < -0.39 is 29.9 Å². The van der Waals surface area contributed by atoms with Crippen molar-refractivity contribution in [3.63, 3.8) is 0 Å². The van der Waals surface area contributed by atoms with Crippen LogP contribution >= 0.6 is 12.6 Å². The molecule has 0 aromatic heterocycles. The lowest BCUT2D eigenvalue weighted by Crippen LogP contribution is -2.57. The third-order valence-electron chi connectivity index (χ3n) is 3.88. The fourth-order valence-corrected chi connectivity index (χ4v) is 2.80. The van der Waals surface area contributed by atoms with Crippen molar-refractivity contribution in [2.75, 3.05) is 13.2 Å². The molecule has 1 heterocycles. The minimum atomic E-state index is -1.13. The van der Waals surface area contributed by atoms with Gasteiger partial charge in [0.05, 0.1) is 24.1 Å². The summed E-state index contributed by atoms with van der Waals surface area (Å²) in [6.45, 7) is 2.43. The molecule has 21 heavy (non-hydrogen) atoms. The van der Waals surface area contributed by atoms with Crippen LogP contribution in [0.2, 0.25) is 0 Å². The van der Waals surface area contributed by atoms with Gasteiger partial charge in [-0.25, -0.2) is 0 Å². The summed E-state index contributed by atoms with van der Waals surface area (Å²) in [5.41, 5.74) is 0. The van der Waals surface area contributed by atoms with Crippen LogP contribution in [0.4, 0.5) is 0 Å². The van der Waals surface area contributed by atoms with E-state index in [-0.39, 0.29) is 6.61 Å². The van der Waals surface area contributed by atoms with E-state index in [9.17, 15) is 15.3 Å². The first-order valence-electron chi connectivity index (χ1n) is 8.04. The second-order valence-corrected chi connectivity index (χ2v) is 6.29. The summed E-state index contributed by atoms with van der Waals surface area (Å²) >= 11 is 4.15. The molecule has 0 aliphatic carbocycles. The number of hydrogen-bond donors (Lipinski definition) is 4. The van der Waals surface area contributed by atoms with E-state index in [1.165, 1.54) is 32.1 Å². The Bertz CT molecular complexity index is 264. The molecule has 5 nitrogen and oxygen atoms in total. The number of rotatable bonds is 10. The molecule has 126 valence electrons. The Labute approximate surface area is 133 Å². The Morgan fingerprint density at radius 1 is 1.00 bits per heavy atom. The summed E-state index contributed by atoms with van der Waals surface area (Å²) in [7, 11) is 0. The summed E-state index contributed by atoms with van der Waals surface area (Å²) in [5.74, 6) is 0.